The minimum absolute atomic E-state index is 0.205. The quantitative estimate of drug-likeness (QED) is 0.807. The molecule has 1 aromatic carbocycles. The van der Waals surface area contributed by atoms with E-state index in [1.54, 1.807) is 7.11 Å². The first-order valence-corrected chi connectivity index (χ1v) is 6.54. The molecule has 0 aliphatic carbocycles. The van der Waals surface area contributed by atoms with Crippen LogP contribution in [0.15, 0.2) is 24.3 Å². The highest BCUT2D eigenvalue weighted by Gasteiger charge is 2.10. The van der Waals surface area contributed by atoms with Crippen molar-refractivity contribution in [1.82, 2.24) is 5.32 Å². The van der Waals surface area contributed by atoms with E-state index in [1.807, 2.05) is 26.0 Å². The Balaban J connectivity index is 2.64. The molecule has 0 fully saturated rings. The molecule has 2 unspecified atom stereocenters. The molecule has 0 aliphatic rings. The van der Waals surface area contributed by atoms with Crippen molar-refractivity contribution in [3.63, 3.8) is 0 Å². The summed E-state index contributed by atoms with van der Waals surface area (Å²) in [5.41, 5.74) is 1.23. The van der Waals surface area contributed by atoms with Gasteiger partial charge < -0.3 is 14.8 Å². The molecule has 102 valence electrons. The molecule has 3 heteroatoms. The van der Waals surface area contributed by atoms with Gasteiger partial charge in [-0.15, -0.1) is 0 Å². The van der Waals surface area contributed by atoms with Crippen LogP contribution in [0.1, 0.15) is 39.3 Å². The summed E-state index contributed by atoms with van der Waals surface area (Å²) in [6.45, 7) is 9.06. The molecule has 1 aromatic rings. The predicted molar refractivity (Wildman–Crippen MR) is 75.1 cm³/mol. The number of benzene rings is 1. The maximum Gasteiger partial charge on any atom is 0.120 e. The summed E-state index contributed by atoms with van der Waals surface area (Å²) >= 11 is 0. The van der Waals surface area contributed by atoms with Crippen molar-refractivity contribution in [3.05, 3.63) is 29.8 Å². The van der Waals surface area contributed by atoms with Crippen molar-refractivity contribution >= 4 is 0 Å². The van der Waals surface area contributed by atoms with Crippen molar-refractivity contribution in [2.75, 3.05) is 13.7 Å². The van der Waals surface area contributed by atoms with Gasteiger partial charge in [-0.25, -0.2) is 0 Å². The molecule has 3 nitrogen and oxygen atoms in total. The van der Waals surface area contributed by atoms with Crippen LogP contribution in [0.25, 0.3) is 0 Å². The zero-order valence-electron chi connectivity index (χ0n) is 12.1. The number of methoxy groups -OCH3 is 1. The van der Waals surface area contributed by atoms with Crippen LogP contribution in [0.2, 0.25) is 0 Å². The number of hydrogen-bond donors (Lipinski definition) is 1. The SMILES string of the molecule is COCC(C)NC(C)c1cccc(OC(C)C)c1. The molecule has 0 aliphatic heterocycles. The zero-order chi connectivity index (χ0) is 13.5. The van der Waals surface area contributed by atoms with E-state index in [9.17, 15) is 0 Å². The van der Waals surface area contributed by atoms with Gasteiger partial charge in [-0.05, 0) is 45.4 Å². The van der Waals surface area contributed by atoms with Gasteiger partial charge in [-0.1, -0.05) is 12.1 Å². The van der Waals surface area contributed by atoms with Gasteiger partial charge in [-0.2, -0.15) is 0 Å². The lowest BCUT2D eigenvalue weighted by Crippen LogP contribution is -2.32. The molecular formula is C15H25NO2. The molecule has 0 heterocycles. The fraction of sp³-hybridized carbons (Fsp3) is 0.600. The van der Waals surface area contributed by atoms with E-state index in [0.717, 1.165) is 5.75 Å². The van der Waals surface area contributed by atoms with E-state index in [2.05, 4.69) is 31.3 Å². The summed E-state index contributed by atoms with van der Waals surface area (Å²) in [5.74, 6) is 0.926. The van der Waals surface area contributed by atoms with Gasteiger partial charge in [0.2, 0.25) is 0 Å². The fourth-order valence-corrected chi connectivity index (χ4v) is 1.95. The van der Waals surface area contributed by atoms with Crippen molar-refractivity contribution in [2.24, 2.45) is 0 Å². The summed E-state index contributed by atoms with van der Waals surface area (Å²) in [6, 6.07) is 8.85. The third-order valence-electron chi connectivity index (χ3n) is 2.68. The number of nitrogens with one attached hydrogen (secondary N) is 1. The number of rotatable bonds is 7. The van der Waals surface area contributed by atoms with Crippen molar-refractivity contribution in [3.8, 4) is 5.75 Å². The monoisotopic (exact) mass is 251 g/mol. The van der Waals surface area contributed by atoms with Crippen LogP contribution in [-0.4, -0.2) is 25.9 Å². The first kappa shape index (κ1) is 15.0. The maximum absolute atomic E-state index is 5.71. The molecule has 0 amide bonds. The highest BCUT2D eigenvalue weighted by molar-refractivity contribution is 5.30. The van der Waals surface area contributed by atoms with Gasteiger partial charge in [0.05, 0.1) is 12.7 Å². The van der Waals surface area contributed by atoms with Crippen LogP contribution in [-0.2, 0) is 4.74 Å². The van der Waals surface area contributed by atoms with Crippen LogP contribution in [0.5, 0.6) is 5.75 Å². The summed E-state index contributed by atoms with van der Waals surface area (Å²) in [7, 11) is 1.72. The predicted octanol–water partition coefficient (Wildman–Crippen LogP) is 3.16. The molecule has 18 heavy (non-hydrogen) atoms. The van der Waals surface area contributed by atoms with Gasteiger partial charge in [0.1, 0.15) is 5.75 Å². The minimum atomic E-state index is 0.205. The van der Waals surface area contributed by atoms with E-state index in [-0.39, 0.29) is 12.1 Å². The summed E-state index contributed by atoms with van der Waals surface area (Å²) in [4.78, 5) is 0. The molecule has 1 N–H and O–H groups in total. The van der Waals surface area contributed by atoms with E-state index < -0.39 is 0 Å². The molecule has 0 bridgehead atoms. The Kier molecular flexibility index (Phi) is 6.16. The Morgan fingerprint density at radius 1 is 1.17 bits per heavy atom. The fourth-order valence-electron chi connectivity index (χ4n) is 1.95. The largest absolute Gasteiger partial charge is 0.491 e. The number of ether oxygens (including phenoxy) is 2. The second-order valence-corrected chi connectivity index (χ2v) is 4.98. The Bertz CT molecular complexity index is 352. The highest BCUT2D eigenvalue weighted by Crippen LogP contribution is 2.20. The van der Waals surface area contributed by atoms with Gasteiger partial charge in [-0.3, -0.25) is 0 Å². The van der Waals surface area contributed by atoms with E-state index in [4.69, 9.17) is 9.47 Å². The maximum atomic E-state index is 5.71. The first-order chi connectivity index (χ1) is 8.52. The molecule has 1 rings (SSSR count). The van der Waals surface area contributed by atoms with Crippen molar-refractivity contribution < 1.29 is 9.47 Å². The second-order valence-electron chi connectivity index (χ2n) is 4.98. The van der Waals surface area contributed by atoms with E-state index >= 15 is 0 Å². The van der Waals surface area contributed by atoms with Crippen molar-refractivity contribution in [1.29, 1.82) is 0 Å². The topological polar surface area (TPSA) is 30.5 Å². The second kappa shape index (κ2) is 7.39. The summed E-state index contributed by atoms with van der Waals surface area (Å²) in [5, 5.41) is 3.50. The average Bonchev–Trinajstić information content (AvgIpc) is 2.28. The van der Waals surface area contributed by atoms with Gasteiger partial charge in [0.25, 0.3) is 0 Å². The smallest absolute Gasteiger partial charge is 0.120 e. The standard InChI is InChI=1S/C15H25NO2/c1-11(2)18-15-8-6-7-14(9-15)13(4)16-12(3)10-17-5/h6-9,11-13,16H,10H2,1-5H3. The lowest BCUT2D eigenvalue weighted by Gasteiger charge is -2.20. The van der Waals surface area contributed by atoms with Crippen LogP contribution in [0.3, 0.4) is 0 Å². The zero-order valence-corrected chi connectivity index (χ0v) is 12.1. The Hall–Kier alpha value is -1.06. The Morgan fingerprint density at radius 3 is 2.50 bits per heavy atom. The van der Waals surface area contributed by atoms with Crippen molar-refractivity contribution in [2.45, 2.75) is 45.9 Å². The lowest BCUT2D eigenvalue weighted by molar-refractivity contribution is 0.167. The van der Waals surface area contributed by atoms with E-state index in [0.29, 0.717) is 12.6 Å². The Labute approximate surface area is 110 Å². The van der Waals surface area contributed by atoms with Gasteiger partial charge in [0.15, 0.2) is 0 Å². The average molecular weight is 251 g/mol. The summed E-state index contributed by atoms with van der Waals surface area (Å²) < 4.78 is 10.8. The molecule has 0 radical (unpaired) electrons. The molecular weight excluding hydrogens is 226 g/mol. The van der Waals surface area contributed by atoms with Crippen LogP contribution in [0, 0.1) is 0 Å². The third kappa shape index (κ3) is 5.07. The Morgan fingerprint density at radius 2 is 1.89 bits per heavy atom. The molecule has 0 aromatic heterocycles. The summed E-state index contributed by atoms with van der Waals surface area (Å²) in [6.07, 6.45) is 0.205. The molecule has 0 spiro atoms. The lowest BCUT2D eigenvalue weighted by atomic mass is 10.1. The molecule has 2 atom stereocenters. The van der Waals surface area contributed by atoms with Crippen LogP contribution >= 0.6 is 0 Å². The first-order valence-electron chi connectivity index (χ1n) is 6.54. The highest BCUT2D eigenvalue weighted by atomic mass is 16.5. The van der Waals surface area contributed by atoms with E-state index in [1.165, 1.54) is 5.56 Å². The molecule has 0 saturated heterocycles. The minimum Gasteiger partial charge on any atom is -0.491 e. The normalized spacial score (nSPS) is 14.6. The van der Waals surface area contributed by atoms with Gasteiger partial charge in [0, 0.05) is 19.2 Å². The van der Waals surface area contributed by atoms with Crippen LogP contribution < -0.4 is 10.1 Å². The van der Waals surface area contributed by atoms with Gasteiger partial charge >= 0.3 is 0 Å². The van der Waals surface area contributed by atoms with Crippen LogP contribution in [0.4, 0.5) is 0 Å². The number of hydrogen-bond acceptors (Lipinski definition) is 3. The molecule has 0 saturated carbocycles. The third-order valence-corrected chi connectivity index (χ3v) is 2.68.